The molecule has 138 valence electrons. The van der Waals surface area contributed by atoms with Crippen molar-refractivity contribution < 1.29 is 14.0 Å². The molecule has 7 heteroatoms. The molecule has 0 aromatic carbocycles. The summed E-state index contributed by atoms with van der Waals surface area (Å²) in [6, 6.07) is 3.34. The molecule has 2 amide bonds. The van der Waals surface area contributed by atoms with Crippen LogP contribution in [0.2, 0.25) is 0 Å². The average Bonchev–Trinajstić information content (AvgIpc) is 3.24. The molecule has 3 rings (SSSR count). The van der Waals surface area contributed by atoms with Crippen LogP contribution in [-0.2, 0) is 16.1 Å². The standard InChI is InChI=1S/C18H28N4O3/c1-2-20-17(23)16-10-14(19)11-22(16)18(24)13-5-7-21(8-6-13)12-15-4-3-9-25-15/h3-4,9,13-14,16H,2,5-8,10-12,19H2,1H3,(H,20,23)/t14-,16+/m1/s1. The van der Waals surface area contributed by atoms with E-state index < -0.39 is 6.04 Å². The second-order valence-electron chi connectivity index (χ2n) is 7.03. The van der Waals surface area contributed by atoms with Crippen LogP contribution in [0, 0.1) is 5.92 Å². The van der Waals surface area contributed by atoms with Crippen LogP contribution in [0.4, 0.5) is 0 Å². The fraction of sp³-hybridized carbons (Fsp3) is 0.667. The van der Waals surface area contributed by atoms with Gasteiger partial charge in [0.25, 0.3) is 0 Å². The number of nitrogens with zero attached hydrogens (tertiary/aromatic N) is 2. The van der Waals surface area contributed by atoms with Gasteiger partial charge in [-0.05, 0) is 51.4 Å². The first-order valence-electron chi connectivity index (χ1n) is 9.17. The predicted molar refractivity (Wildman–Crippen MR) is 93.5 cm³/mol. The lowest BCUT2D eigenvalue weighted by molar-refractivity contribution is -0.142. The zero-order valence-corrected chi connectivity index (χ0v) is 14.8. The van der Waals surface area contributed by atoms with Crippen molar-refractivity contribution in [3.05, 3.63) is 24.2 Å². The van der Waals surface area contributed by atoms with E-state index in [1.807, 2.05) is 19.1 Å². The SMILES string of the molecule is CCNC(=O)[C@@H]1C[C@@H](N)CN1C(=O)C1CCN(Cc2ccco2)CC1. The molecule has 1 aromatic rings. The summed E-state index contributed by atoms with van der Waals surface area (Å²) in [6.07, 6.45) is 3.86. The minimum absolute atomic E-state index is 0.0184. The summed E-state index contributed by atoms with van der Waals surface area (Å²) in [6.45, 7) is 5.44. The number of rotatable bonds is 5. The first-order valence-corrected chi connectivity index (χ1v) is 9.17. The van der Waals surface area contributed by atoms with E-state index in [1.54, 1.807) is 11.2 Å². The second-order valence-corrected chi connectivity index (χ2v) is 7.03. The summed E-state index contributed by atoms with van der Waals surface area (Å²) in [5.41, 5.74) is 6.02. The first-order chi connectivity index (χ1) is 12.1. The van der Waals surface area contributed by atoms with Crippen LogP contribution in [0.5, 0.6) is 0 Å². The summed E-state index contributed by atoms with van der Waals surface area (Å²) >= 11 is 0. The van der Waals surface area contributed by atoms with E-state index in [0.29, 0.717) is 19.5 Å². The molecule has 2 fully saturated rings. The Bertz CT molecular complexity index is 581. The van der Waals surface area contributed by atoms with Crippen molar-refractivity contribution in [3.63, 3.8) is 0 Å². The quantitative estimate of drug-likeness (QED) is 0.811. The van der Waals surface area contributed by atoms with Crippen molar-refractivity contribution in [1.82, 2.24) is 15.1 Å². The number of hydrogen-bond donors (Lipinski definition) is 2. The number of hydrogen-bond acceptors (Lipinski definition) is 5. The van der Waals surface area contributed by atoms with Gasteiger partial charge in [-0.2, -0.15) is 0 Å². The Balaban J connectivity index is 1.55. The Labute approximate surface area is 148 Å². The summed E-state index contributed by atoms with van der Waals surface area (Å²) in [5, 5.41) is 2.82. The largest absolute Gasteiger partial charge is 0.468 e. The monoisotopic (exact) mass is 348 g/mol. The predicted octanol–water partition coefficient (Wildman–Crippen LogP) is 0.556. The van der Waals surface area contributed by atoms with Gasteiger partial charge in [0.15, 0.2) is 0 Å². The van der Waals surface area contributed by atoms with E-state index in [9.17, 15) is 9.59 Å². The Morgan fingerprint density at radius 3 is 2.76 bits per heavy atom. The molecule has 0 bridgehead atoms. The van der Waals surface area contributed by atoms with E-state index in [0.717, 1.165) is 38.2 Å². The second kappa shape index (κ2) is 8.01. The van der Waals surface area contributed by atoms with Gasteiger partial charge in [0, 0.05) is 25.0 Å². The van der Waals surface area contributed by atoms with Gasteiger partial charge in [0.2, 0.25) is 11.8 Å². The lowest BCUT2D eigenvalue weighted by atomic mass is 9.94. The van der Waals surface area contributed by atoms with Crippen LogP contribution in [0.3, 0.4) is 0 Å². The van der Waals surface area contributed by atoms with Crippen LogP contribution < -0.4 is 11.1 Å². The Kier molecular flexibility index (Phi) is 5.75. The number of furan rings is 1. The molecule has 0 unspecified atom stereocenters. The van der Waals surface area contributed by atoms with Gasteiger partial charge in [-0.15, -0.1) is 0 Å². The average molecular weight is 348 g/mol. The Morgan fingerprint density at radius 1 is 1.36 bits per heavy atom. The topological polar surface area (TPSA) is 91.8 Å². The van der Waals surface area contributed by atoms with Gasteiger partial charge in [-0.3, -0.25) is 14.5 Å². The number of likely N-dealkylation sites (N-methyl/N-ethyl adjacent to an activating group) is 1. The summed E-state index contributed by atoms with van der Waals surface area (Å²) in [5.74, 6) is 0.933. The van der Waals surface area contributed by atoms with Crippen LogP contribution in [0.15, 0.2) is 22.8 Å². The van der Waals surface area contributed by atoms with Crippen molar-refractivity contribution in [2.24, 2.45) is 11.7 Å². The number of nitrogens with two attached hydrogens (primary N) is 1. The molecule has 2 saturated heterocycles. The van der Waals surface area contributed by atoms with Crippen molar-refractivity contribution >= 4 is 11.8 Å². The fourth-order valence-electron chi connectivity index (χ4n) is 3.85. The number of carbonyl (C=O) groups excluding carboxylic acids is 2. The highest BCUT2D eigenvalue weighted by molar-refractivity contribution is 5.89. The smallest absolute Gasteiger partial charge is 0.242 e. The molecule has 0 aliphatic carbocycles. The number of carbonyl (C=O) groups is 2. The number of piperidine rings is 1. The molecular formula is C18H28N4O3. The van der Waals surface area contributed by atoms with Crippen molar-refractivity contribution in [1.29, 1.82) is 0 Å². The third-order valence-electron chi connectivity index (χ3n) is 5.17. The molecule has 1 aromatic heterocycles. The van der Waals surface area contributed by atoms with E-state index in [2.05, 4.69) is 10.2 Å². The summed E-state index contributed by atoms with van der Waals surface area (Å²) < 4.78 is 5.39. The van der Waals surface area contributed by atoms with Crippen LogP contribution >= 0.6 is 0 Å². The van der Waals surface area contributed by atoms with Gasteiger partial charge >= 0.3 is 0 Å². The van der Waals surface area contributed by atoms with Crippen molar-refractivity contribution in [2.75, 3.05) is 26.2 Å². The molecule has 25 heavy (non-hydrogen) atoms. The van der Waals surface area contributed by atoms with Gasteiger partial charge in [0.05, 0.1) is 12.8 Å². The van der Waals surface area contributed by atoms with Crippen molar-refractivity contribution in [3.8, 4) is 0 Å². The molecule has 3 N–H and O–H groups in total. The minimum atomic E-state index is -0.413. The molecular weight excluding hydrogens is 320 g/mol. The number of likely N-dealkylation sites (tertiary alicyclic amines) is 2. The molecule has 2 atom stereocenters. The molecule has 0 spiro atoms. The normalized spacial score (nSPS) is 25.3. The molecule has 2 aliphatic heterocycles. The van der Waals surface area contributed by atoms with Gasteiger partial charge in [-0.1, -0.05) is 0 Å². The third kappa shape index (κ3) is 4.22. The number of nitrogens with one attached hydrogen (secondary N) is 1. The van der Waals surface area contributed by atoms with E-state index in [4.69, 9.17) is 10.2 Å². The van der Waals surface area contributed by atoms with Crippen LogP contribution in [-0.4, -0.2) is 59.9 Å². The maximum Gasteiger partial charge on any atom is 0.242 e. The highest BCUT2D eigenvalue weighted by atomic mass is 16.3. The molecule has 3 heterocycles. The zero-order valence-electron chi connectivity index (χ0n) is 14.8. The molecule has 0 saturated carbocycles. The minimum Gasteiger partial charge on any atom is -0.468 e. The molecule has 0 radical (unpaired) electrons. The van der Waals surface area contributed by atoms with Crippen LogP contribution in [0.25, 0.3) is 0 Å². The molecule has 7 nitrogen and oxygen atoms in total. The summed E-state index contributed by atoms with van der Waals surface area (Å²) in [7, 11) is 0. The Hall–Kier alpha value is -1.86. The van der Waals surface area contributed by atoms with E-state index >= 15 is 0 Å². The van der Waals surface area contributed by atoms with Crippen molar-refractivity contribution in [2.45, 2.75) is 44.8 Å². The zero-order chi connectivity index (χ0) is 17.8. The lowest BCUT2D eigenvalue weighted by Gasteiger charge is -2.34. The van der Waals surface area contributed by atoms with E-state index in [1.165, 1.54) is 0 Å². The maximum atomic E-state index is 12.9. The highest BCUT2D eigenvalue weighted by Crippen LogP contribution is 2.26. The van der Waals surface area contributed by atoms with Gasteiger partial charge in [0.1, 0.15) is 11.8 Å². The maximum absolute atomic E-state index is 12.9. The molecule has 2 aliphatic rings. The third-order valence-corrected chi connectivity index (χ3v) is 5.17. The first kappa shape index (κ1) is 17.9. The van der Waals surface area contributed by atoms with Crippen LogP contribution in [0.1, 0.15) is 31.9 Å². The van der Waals surface area contributed by atoms with Gasteiger partial charge in [-0.25, -0.2) is 0 Å². The van der Waals surface area contributed by atoms with Gasteiger partial charge < -0.3 is 20.4 Å². The Morgan fingerprint density at radius 2 is 2.12 bits per heavy atom. The fourth-order valence-corrected chi connectivity index (χ4v) is 3.85. The van der Waals surface area contributed by atoms with E-state index in [-0.39, 0.29) is 23.8 Å². The highest BCUT2D eigenvalue weighted by Gasteiger charge is 2.40. The summed E-state index contributed by atoms with van der Waals surface area (Å²) in [4.78, 5) is 29.2. The number of amides is 2. The lowest BCUT2D eigenvalue weighted by Crippen LogP contribution is -2.49.